The van der Waals surface area contributed by atoms with Crippen LogP contribution in [0.2, 0.25) is 5.02 Å². The Morgan fingerprint density at radius 1 is 1.24 bits per heavy atom. The molecule has 0 aliphatic heterocycles. The Morgan fingerprint density at radius 2 is 1.88 bits per heavy atom. The maximum absolute atomic E-state index is 12.1. The lowest BCUT2D eigenvalue weighted by Gasteiger charge is -2.01. The molecule has 88 valence electrons. The zero-order chi connectivity index (χ0) is 12.4. The summed E-state index contributed by atoms with van der Waals surface area (Å²) in [5.41, 5.74) is 1.85. The third-order valence-corrected chi connectivity index (χ3v) is 3.84. The molecule has 1 heterocycles. The lowest BCUT2D eigenvalue weighted by Crippen LogP contribution is -2.03. The molecule has 0 atom stereocenters. The third kappa shape index (κ3) is 2.96. The molecule has 0 fully saturated rings. The van der Waals surface area contributed by atoms with Crippen LogP contribution in [-0.2, 0) is 6.42 Å². The summed E-state index contributed by atoms with van der Waals surface area (Å²) in [6.45, 7) is 4.02. The van der Waals surface area contributed by atoms with E-state index in [0.29, 0.717) is 11.4 Å². The summed E-state index contributed by atoms with van der Waals surface area (Å²) in [6, 6.07) is 9.40. The molecule has 17 heavy (non-hydrogen) atoms. The van der Waals surface area contributed by atoms with E-state index < -0.39 is 0 Å². The molecule has 0 amide bonds. The molecule has 0 bridgehead atoms. The molecule has 0 radical (unpaired) electrons. The molecule has 1 aromatic carbocycles. The predicted molar refractivity (Wildman–Crippen MR) is 73.3 cm³/mol. The van der Waals surface area contributed by atoms with Crippen molar-refractivity contribution in [3.8, 4) is 0 Å². The third-order valence-electron chi connectivity index (χ3n) is 2.62. The summed E-state index contributed by atoms with van der Waals surface area (Å²) in [4.78, 5) is 14.4. The summed E-state index contributed by atoms with van der Waals surface area (Å²) < 4.78 is 0. The molecular formula is C14H13ClOS. The second-order valence-corrected chi connectivity index (χ2v) is 5.95. The zero-order valence-corrected chi connectivity index (χ0v) is 11.4. The van der Waals surface area contributed by atoms with E-state index in [2.05, 4.69) is 0 Å². The van der Waals surface area contributed by atoms with Crippen molar-refractivity contribution >= 4 is 28.7 Å². The van der Waals surface area contributed by atoms with Gasteiger partial charge in [-0.05, 0) is 37.6 Å². The smallest absolute Gasteiger partial charge is 0.168 e. The Kier molecular flexibility index (Phi) is 3.65. The minimum absolute atomic E-state index is 0.175. The van der Waals surface area contributed by atoms with E-state index in [-0.39, 0.29) is 5.78 Å². The SMILES string of the molecule is Cc1cc(C(=O)Cc2ccc(Cl)cc2)c(C)s1. The van der Waals surface area contributed by atoms with Crippen LogP contribution in [0.15, 0.2) is 30.3 Å². The van der Waals surface area contributed by atoms with E-state index >= 15 is 0 Å². The van der Waals surface area contributed by atoms with Crippen LogP contribution in [0, 0.1) is 13.8 Å². The second kappa shape index (κ2) is 5.03. The number of hydrogen-bond acceptors (Lipinski definition) is 2. The molecule has 0 N–H and O–H groups in total. The number of thiophene rings is 1. The van der Waals surface area contributed by atoms with E-state index in [1.807, 2.05) is 44.2 Å². The maximum atomic E-state index is 12.1. The minimum atomic E-state index is 0.175. The topological polar surface area (TPSA) is 17.1 Å². The number of rotatable bonds is 3. The first-order chi connectivity index (χ1) is 8.06. The van der Waals surface area contributed by atoms with Crippen molar-refractivity contribution in [1.29, 1.82) is 0 Å². The van der Waals surface area contributed by atoms with E-state index in [0.717, 1.165) is 16.0 Å². The minimum Gasteiger partial charge on any atom is -0.294 e. The van der Waals surface area contributed by atoms with Gasteiger partial charge in [0.25, 0.3) is 0 Å². The van der Waals surface area contributed by atoms with Gasteiger partial charge in [0.05, 0.1) is 0 Å². The lowest BCUT2D eigenvalue weighted by molar-refractivity contribution is 0.0993. The van der Waals surface area contributed by atoms with Crippen LogP contribution in [0.5, 0.6) is 0 Å². The van der Waals surface area contributed by atoms with E-state index in [4.69, 9.17) is 11.6 Å². The average Bonchev–Trinajstić information content (AvgIpc) is 2.61. The van der Waals surface area contributed by atoms with Gasteiger partial charge >= 0.3 is 0 Å². The summed E-state index contributed by atoms with van der Waals surface area (Å²) in [7, 11) is 0. The van der Waals surface area contributed by atoms with Gasteiger partial charge in [-0.25, -0.2) is 0 Å². The molecule has 2 rings (SSSR count). The van der Waals surface area contributed by atoms with Crippen molar-refractivity contribution in [2.75, 3.05) is 0 Å². The van der Waals surface area contributed by atoms with Crippen molar-refractivity contribution in [2.24, 2.45) is 0 Å². The molecule has 0 saturated carbocycles. The molecule has 1 aromatic heterocycles. The molecule has 0 spiro atoms. The molecule has 2 aromatic rings. The number of halogens is 1. The van der Waals surface area contributed by atoms with Gasteiger partial charge in [0.1, 0.15) is 0 Å². The van der Waals surface area contributed by atoms with Crippen molar-refractivity contribution in [3.05, 3.63) is 56.2 Å². The summed E-state index contributed by atoms with van der Waals surface area (Å²) in [5, 5.41) is 0.698. The maximum Gasteiger partial charge on any atom is 0.168 e. The highest BCUT2D eigenvalue weighted by Crippen LogP contribution is 2.22. The number of Topliss-reactive ketones (excluding diaryl/α,β-unsaturated/α-hetero) is 1. The van der Waals surface area contributed by atoms with Gasteiger partial charge in [-0.2, -0.15) is 0 Å². The zero-order valence-electron chi connectivity index (χ0n) is 9.79. The van der Waals surface area contributed by atoms with Crippen molar-refractivity contribution in [2.45, 2.75) is 20.3 Å². The van der Waals surface area contributed by atoms with Gasteiger partial charge in [-0.3, -0.25) is 4.79 Å². The standard InChI is InChI=1S/C14H13ClOS/c1-9-7-13(10(2)17-9)14(16)8-11-3-5-12(15)6-4-11/h3-7H,8H2,1-2H3. The Morgan fingerprint density at radius 3 is 2.41 bits per heavy atom. The van der Waals surface area contributed by atoms with Crippen LogP contribution in [0.4, 0.5) is 0 Å². The normalized spacial score (nSPS) is 10.5. The van der Waals surface area contributed by atoms with Gasteiger partial charge in [0, 0.05) is 26.8 Å². The number of carbonyl (C=O) groups is 1. The summed E-state index contributed by atoms with van der Waals surface area (Å²) in [6.07, 6.45) is 0.439. The van der Waals surface area contributed by atoms with E-state index in [1.165, 1.54) is 4.88 Å². The first kappa shape index (κ1) is 12.3. The monoisotopic (exact) mass is 264 g/mol. The molecule has 0 unspecified atom stereocenters. The summed E-state index contributed by atoms with van der Waals surface area (Å²) in [5.74, 6) is 0.175. The van der Waals surface area contributed by atoms with Crippen LogP contribution < -0.4 is 0 Å². The van der Waals surface area contributed by atoms with Crippen molar-refractivity contribution in [1.82, 2.24) is 0 Å². The molecule has 3 heteroatoms. The quantitative estimate of drug-likeness (QED) is 0.749. The predicted octanol–water partition coefficient (Wildman–Crippen LogP) is 4.44. The lowest BCUT2D eigenvalue weighted by atomic mass is 10.0. The highest BCUT2D eigenvalue weighted by Gasteiger charge is 2.12. The van der Waals surface area contributed by atoms with Gasteiger partial charge in [-0.15, -0.1) is 11.3 Å². The van der Waals surface area contributed by atoms with E-state index in [1.54, 1.807) is 11.3 Å². The second-order valence-electron chi connectivity index (χ2n) is 4.05. The first-order valence-electron chi connectivity index (χ1n) is 5.41. The van der Waals surface area contributed by atoms with Crippen molar-refractivity contribution < 1.29 is 4.79 Å². The van der Waals surface area contributed by atoms with Gasteiger partial charge in [-0.1, -0.05) is 23.7 Å². The Hall–Kier alpha value is -1.12. The van der Waals surface area contributed by atoms with Gasteiger partial charge < -0.3 is 0 Å². The Bertz CT molecular complexity index is 540. The van der Waals surface area contributed by atoms with Gasteiger partial charge in [0.2, 0.25) is 0 Å². The Balaban J connectivity index is 2.17. The summed E-state index contributed by atoms with van der Waals surface area (Å²) >= 11 is 7.48. The highest BCUT2D eigenvalue weighted by atomic mass is 35.5. The van der Waals surface area contributed by atoms with Crippen LogP contribution in [0.3, 0.4) is 0 Å². The number of aryl methyl sites for hydroxylation is 2. The van der Waals surface area contributed by atoms with Crippen LogP contribution >= 0.6 is 22.9 Å². The van der Waals surface area contributed by atoms with Crippen molar-refractivity contribution in [3.63, 3.8) is 0 Å². The number of hydrogen-bond donors (Lipinski definition) is 0. The van der Waals surface area contributed by atoms with Crippen LogP contribution in [-0.4, -0.2) is 5.78 Å². The van der Waals surface area contributed by atoms with Crippen LogP contribution in [0.25, 0.3) is 0 Å². The Labute approximate surface area is 110 Å². The van der Waals surface area contributed by atoms with Crippen LogP contribution in [0.1, 0.15) is 25.7 Å². The molecular weight excluding hydrogens is 252 g/mol. The molecule has 0 aliphatic carbocycles. The largest absolute Gasteiger partial charge is 0.294 e. The molecule has 0 aliphatic rings. The first-order valence-corrected chi connectivity index (χ1v) is 6.60. The fraction of sp³-hybridized carbons (Fsp3) is 0.214. The number of benzene rings is 1. The van der Waals surface area contributed by atoms with Gasteiger partial charge in [0.15, 0.2) is 5.78 Å². The number of carbonyl (C=O) groups excluding carboxylic acids is 1. The molecule has 1 nitrogen and oxygen atoms in total. The fourth-order valence-corrected chi connectivity index (χ4v) is 2.86. The number of ketones is 1. The average molecular weight is 265 g/mol. The highest BCUT2D eigenvalue weighted by molar-refractivity contribution is 7.12. The fourth-order valence-electron chi connectivity index (χ4n) is 1.79. The van der Waals surface area contributed by atoms with E-state index in [9.17, 15) is 4.79 Å². The molecule has 0 saturated heterocycles.